The molecule has 1 N–H and O–H groups in total. The predicted molar refractivity (Wildman–Crippen MR) is 111 cm³/mol. The second-order valence-electron chi connectivity index (χ2n) is 7.29. The Morgan fingerprint density at radius 3 is 2.48 bits per heavy atom. The van der Waals surface area contributed by atoms with Crippen LogP contribution in [-0.2, 0) is 17.8 Å². The van der Waals surface area contributed by atoms with E-state index in [-0.39, 0.29) is 18.3 Å². The van der Waals surface area contributed by atoms with Gasteiger partial charge in [0.15, 0.2) is 6.61 Å². The summed E-state index contributed by atoms with van der Waals surface area (Å²) in [6.45, 7) is 2.37. The molecule has 6 nitrogen and oxygen atoms in total. The number of anilines is 1. The third-order valence-electron chi connectivity index (χ3n) is 4.87. The van der Waals surface area contributed by atoms with E-state index in [1.54, 1.807) is 24.1 Å². The number of amides is 2. The number of halogens is 3. The SMILES string of the molecule is CN(Cc1ccccc1N1CCOCC1)C(=O)NCc1ccc(OCC(F)(F)F)cc1. The lowest BCUT2D eigenvalue weighted by Gasteiger charge is -2.31. The van der Waals surface area contributed by atoms with Crippen LogP contribution in [0.2, 0.25) is 0 Å². The molecule has 2 aromatic carbocycles. The maximum absolute atomic E-state index is 12.5. The summed E-state index contributed by atoms with van der Waals surface area (Å²) in [4.78, 5) is 16.4. The number of benzene rings is 2. The quantitative estimate of drug-likeness (QED) is 0.716. The number of urea groups is 1. The number of morpholine rings is 1. The van der Waals surface area contributed by atoms with Crippen molar-refractivity contribution in [1.82, 2.24) is 10.2 Å². The fourth-order valence-corrected chi connectivity index (χ4v) is 3.27. The number of hydrogen-bond acceptors (Lipinski definition) is 4. The number of hydrogen-bond donors (Lipinski definition) is 1. The van der Waals surface area contributed by atoms with Gasteiger partial charge in [-0.05, 0) is 29.3 Å². The number of rotatable bonds is 7. The molecule has 2 amide bonds. The van der Waals surface area contributed by atoms with E-state index in [1.807, 2.05) is 18.2 Å². The first-order valence-corrected chi connectivity index (χ1v) is 10.00. The predicted octanol–water partition coefficient (Wildman–Crippen LogP) is 3.81. The van der Waals surface area contributed by atoms with Gasteiger partial charge in [-0.15, -0.1) is 0 Å². The summed E-state index contributed by atoms with van der Waals surface area (Å²) in [5.41, 5.74) is 2.91. The second-order valence-corrected chi connectivity index (χ2v) is 7.29. The van der Waals surface area contributed by atoms with Crippen LogP contribution in [0.5, 0.6) is 5.75 Å². The van der Waals surface area contributed by atoms with Crippen molar-refractivity contribution in [3.63, 3.8) is 0 Å². The number of nitrogens with zero attached hydrogens (tertiary/aromatic N) is 2. The Morgan fingerprint density at radius 1 is 1.13 bits per heavy atom. The van der Waals surface area contributed by atoms with Crippen molar-refractivity contribution in [2.24, 2.45) is 0 Å². The van der Waals surface area contributed by atoms with Crippen LogP contribution in [0.15, 0.2) is 48.5 Å². The maximum atomic E-state index is 12.5. The van der Waals surface area contributed by atoms with Gasteiger partial charge in [-0.2, -0.15) is 13.2 Å². The molecule has 0 unspecified atom stereocenters. The monoisotopic (exact) mass is 437 g/mol. The Labute approximate surface area is 179 Å². The Morgan fingerprint density at radius 2 is 1.81 bits per heavy atom. The van der Waals surface area contributed by atoms with Crippen LogP contribution < -0.4 is 15.0 Å². The summed E-state index contributed by atoms with van der Waals surface area (Å²) in [6, 6.07) is 13.9. The van der Waals surface area contributed by atoms with Crippen LogP contribution in [0.3, 0.4) is 0 Å². The van der Waals surface area contributed by atoms with Crippen molar-refractivity contribution in [3.8, 4) is 5.75 Å². The Balaban J connectivity index is 1.51. The molecule has 3 rings (SSSR count). The molecule has 1 aliphatic heterocycles. The molecule has 0 aliphatic carbocycles. The summed E-state index contributed by atoms with van der Waals surface area (Å²) < 4.78 is 46.7. The molecule has 0 atom stereocenters. The van der Waals surface area contributed by atoms with Crippen molar-refractivity contribution in [2.75, 3.05) is 44.9 Å². The van der Waals surface area contributed by atoms with Gasteiger partial charge in [0.25, 0.3) is 0 Å². The van der Waals surface area contributed by atoms with Crippen LogP contribution in [0.1, 0.15) is 11.1 Å². The zero-order valence-corrected chi connectivity index (χ0v) is 17.3. The van der Waals surface area contributed by atoms with Crippen molar-refractivity contribution in [3.05, 3.63) is 59.7 Å². The molecule has 1 aliphatic rings. The van der Waals surface area contributed by atoms with Crippen molar-refractivity contribution in [1.29, 1.82) is 0 Å². The van der Waals surface area contributed by atoms with Gasteiger partial charge in [0.1, 0.15) is 5.75 Å². The van der Waals surface area contributed by atoms with Gasteiger partial charge in [-0.1, -0.05) is 30.3 Å². The van der Waals surface area contributed by atoms with E-state index >= 15 is 0 Å². The Kier molecular flexibility index (Phi) is 7.62. The maximum Gasteiger partial charge on any atom is 0.422 e. The third kappa shape index (κ3) is 7.06. The second kappa shape index (κ2) is 10.4. The lowest BCUT2D eigenvalue weighted by Crippen LogP contribution is -2.39. The van der Waals surface area contributed by atoms with Crippen LogP contribution in [-0.4, -0.2) is 57.1 Å². The van der Waals surface area contributed by atoms with E-state index in [0.717, 1.165) is 29.9 Å². The highest BCUT2D eigenvalue weighted by Gasteiger charge is 2.28. The summed E-state index contributed by atoms with van der Waals surface area (Å²) in [5.74, 6) is 0.129. The fraction of sp³-hybridized carbons (Fsp3) is 0.409. The highest BCUT2D eigenvalue weighted by Crippen LogP contribution is 2.23. The molecular formula is C22H26F3N3O3. The molecule has 2 aromatic rings. The Hall–Kier alpha value is -2.94. The van der Waals surface area contributed by atoms with Crippen molar-refractivity contribution >= 4 is 11.7 Å². The zero-order chi connectivity index (χ0) is 22.3. The summed E-state index contributed by atoms with van der Waals surface area (Å²) in [6.07, 6.45) is -4.38. The van der Waals surface area contributed by atoms with Gasteiger partial charge < -0.3 is 24.6 Å². The molecule has 0 aromatic heterocycles. The average Bonchev–Trinajstić information content (AvgIpc) is 2.77. The summed E-state index contributed by atoms with van der Waals surface area (Å²) in [5, 5.41) is 2.83. The molecule has 0 saturated carbocycles. The molecule has 9 heteroatoms. The highest BCUT2D eigenvalue weighted by molar-refractivity contribution is 5.74. The molecular weight excluding hydrogens is 411 g/mol. The van der Waals surface area contributed by atoms with Crippen LogP contribution in [0.4, 0.5) is 23.7 Å². The summed E-state index contributed by atoms with van der Waals surface area (Å²) >= 11 is 0. The first-order valence-electron chi connectivity index (χ1n) is 10.00. The lowest BCUT2D eigenvalue weighted by atomic mass is 10.1. The van der Waals surface area contributed by atoms with E-state index in [1.165, 1.54) is 12.1 Å². The zero-order valence-electron chi connectivity index (χ0n) is 17.3. The standard InChI is InChI=1S/C22H26F3N3O3/c1-27(15-18-4-2-3-5-20(18)28-10-12-30-13-11-28)21(29)26-14-17-6-8-19(9-7-17)31-16-22(23,24)25/h2-9H,10-16H2,1H3,(H,26,29). The van der Waals surface area contributed by atoms with Crippen LogP contribution >= 0.6 is 0 Å². The molecule has 168 valence electrons. The average molecular weight is 437 g/mol. The van der Waals surface area contributed by atoms with Crippen molar-refractivity contribution < 1.29 is 27.4 Å². The molecule has 1 heterocycles. The number of carbonyl (C=O) groups is 1. The highest BCUT2D eigenvalue weighted by atomic mass is 19.4. The molecule has 0 radical (unpaired) electrons. The molecule has 1 fully saturated rings. The fourth-order valence-electron chi connectivity index (χ4n) is 3.27. The van der Waals surface area contributed by atoms with Gasteiger partial charge in [0.05, 0.1) is 13.2 Å². The number of alkyl halides is 3. The van der Waals surface area contributed by atoms with Gasteiger partial charge in [0.2, 0.25) is 0 Å². The number of carbonyl (C=O) groups excluding carboxylic acids is 1. The number of para-hydroxylation sites is 1. The van der Waals surface area contributed by atoms with E-state index in [2.05, 4.69) is 21.0 Å². The Bertz CT molecular complexity index is 853. The van der Waals surface area contributed by atoms with E-state index in [0.29, 0.717) is 19.8 Å². The lowest BCUT2D eigenvalue weighted by molar-refractivity contribution is -0.153. The van der Waals surface area contributed by atoms with Gasteiger partial charge in [-0.25, -0.2) is 4.79 Å². The van der Waals surface area contributed by atoms with Crippen molar-refractivity contribution in [2.45, 2.75) is 19.3 Å². The molecule has 0 bridgehead atoms. The van der Waals surface area contributed by atoms with E-state index < -0.39 is 12.8 Å². The largest absolute Gasteiger partial charge is 0.484 e. The van der Waals surface area contributed by atoms with Gasteiger partial charge >= 0.3 is 12.2 Å². The van der Waals surface area contributed by atoms with Gasteiger partial charge in [0, 0.05) is 38.9 Å². The molecule has 1 saturated heterocycles. The van der Waals surface area contributed by atoms with Gasteiger partial charge in [-0.3, -0.25) is 0 Å². The summed E-state index contributed by atoms with van der Waals surface area (Å²) in [7, 11) is 1.72. The smallest absolute Gasteiger partial charge is 0.422 e. The van der Waals surface area contributed by atoms with Crippen LogP contribution in [0.25, 0.3) is 0 Å². The first-order chi connectivity index (χ1) is 14.8. The molecule has 0 spiro atoms. The topological polar surface area (TPSA) is 54.0 Å². The third-order valence-corrected chi connectivity index (χ3v) is 4.87. The minimum atomic E-state index is -4.38. The normalized spacial score (nSPS) is 14.3. The minimum absolute atomic E-state index is 0.129. The minimum Gasteiger partial charge on any atom is -0.484 e. The first kappa shape index (κ1) is 22.7. The number of nitrogens with one attached hydrogen (secondary N) is 1. The van der Waals surface area contributed by atoms with Crippen LogP contribution in [0, 0.1) is 0 Å². The van der Waals surface area contributed by atoms with E-state index in [9.17, 15) is 18.0 Å². The number of ether oxygens (including phenoxy) is 2. The molecule has 31 heavy (non-hydrogen) atoms. The van der Waals surface area contributed by atoms with E-state index in [4.69, 9.17) is 4.74 Å².